The van der Waals surface area contributed by atoms with Gasteiger partial charge in [-0.1, -0.05) is 0 Å². The minimum atomic E-state index is -0.283. The first-order valence-corrected chi connectivity index (χ1v) is 6.65. The van der Waals surface area contributed by atoms with Crippen molar-refractivity contribution in [2.24, 2.45) is 0 Å². The minimum Gasteiger partial charge on any atom is -0.444 e. The van der Waals surface area contributed by atoms with Gasteiger partial charge in [0.25, 0.3) is 0 Å². The van der Waals surface area contributed by atoms with Crippen molar-refractivity contribution in [2.45, 2.75) is 26.4 Å². The molecule has 1 aromatic heterocycles. The molecular weight excluding hydrogens is 259 g/mol. The van der Waals surface area contributed by atoms with Crippen molar-refractivity contribution < 1.29 is 13.9 Å². The monoisotopic (exact) mass is 278 g/mol. The second kappa shape index (κ2) is 6.63. The Balaban J connectivity index is 2.10. The molecule has 0 saturated heterocycles. The van der Waals surface area contributed by atoms with Crippen LogP contribution >= 0.6 is 0 Å². The molecule has 1 N–H and O–H groups in total. The number of aromatic nitrogens is 1. The summed E-state index contributed by atoms with van der Waals surface area (Å²) in [7, 11) is 0. The predicted molar refractivity (Wildman–Crippen MR) is 74.5 cm³/mol. The fourth-order valence-electron chi connectivity index (χ4n) is 1.96. The maximum absolute atomic E-state index is 12.9. The van der Waals surface area contributed by atoms with Crippen molar-refractivity contribution in [3.63, 3.8) is 0 Å². The van der Waals surface area contributed by atoms with Crippen LogP contribution in [0.15, 0.2) is 34.9 Å². The summed E-state index contributed by atoms with van der Waals surface area (Å²) < 4.78 is 18.3. The van der Waals surface area contributed by atoms with Crippen LogP contribution in [0.5, 0.6) is 0 Å². The Morgan fingerprint density at radius 1 is 1.30 bits per heavy atom. The van der Waals surface area contributed by atoms with Gasteiger partial charge in [0.2, 0.25) is 5.89 Å². The third kappa shape index (κ3) is 3.65. The van der Waals surface area contributed by atoms with E-state index in [2.05, 4.69) is 23.7 Å². The molecule has 0 atom stereocenters. The molecule has 0 aliphatic carbocycles. The highest BCUT2D eigenvalue weighted by Crippen LogP contribution is 2.19. The van der Waals surface area contributed by atoms with E-state index in [4.69, 9.17) is 9.52 Å². The highest BCUT2D eigenvalue weighted by molar-refractivity contribution is 5.52. The van der Waals surface area contributed by atoms with Gasteiger partial charge < -0.3 is 9.52 Å². The van der Waals surface area contributed by atoms with Gasteiger partial charge in [0.05, 0.1) is 12.3 Å². The molecule has 0 radical (unpaired) electrons. The highest BCUT2D eigenvalue weighted by atomic mass is 19.1. The first kappa shape index (κ1) is 14.7. The lowest BCUT2D eigenvalue weighted by molar-refractivity contribution is 0.158. The van der Waals surface area contributed by atoms with Crippen molar-refractivity contribution in [3.05, 3.63) is 42.0 Å². The highest BCUT2D eigenvalue weighted by Gasteiger charge is 2.13. The van der Waals surface area contributed by atoms with Crippen molar-refractivity contribution in [2.75, 3.05) is 13.2 Å². The summed E-state index contributed by atoms with van der Waals surface area (Å²) in [5.74, 6) is 0.196. The summed E-state index contributed by atoms with van der Waals surface area (Å²) in [6.45, 7) is 5.45. The fraction of sp³-hybridized carbons (Fsp3) is 0.400. The van der Waals surface area contributed by atoms with Gasteiger partial charge in [-0.2, -0.15) is 0 Å². The van der Waals surface area contributed by atoms with Crippen LogP contribution in [0, 0.1) is 5.82 Å². The van der Waals surface area contributed by atoms with E-state index in [9.17, 15) is 4.39 Å². The Kier molecular flexibility index (Phi) is 4.87. The van der Waals surface area contributed by atoms with E-state index in [1.54, 1.807) is 18.4 Å². The first-order chi connectivity index (χ1) is 9.60. The Morgan fingerprint density at radius 2 is 2.00 bits per heavy atom. The molecule has 0 bridgehead atoms. The molecule has 108 valence electrons. The smallest absolute Gasteiger partial charge is 0.226 e. The summed E-state index contributed by atoms with van der Waals surface area (Å²) in [5, 5.41) is 9.05. The van der Waals surface area contributed by atoms with Gasteiger partial charge in [-0.25, -0.2) is 9.37 Å². The van der Waals surface area contributed by atoms with E-state index < -0.39 is 0 Å². The summed E-state index contributed by atoms with van der Waals surface area (Å²) in [5.41, 5.74) is 1.54. The number of aliphatic hydroxyl groups excluding tert-OH is 1. The zero-order valence-corrected chi connectivity index (χ0v) is 11.7. The normalized spacial score (nSPS) is 11.5. The summed E-state index contributed by atoms with van der Waals surface area (Å²) >= 11 is 0. The molecule has 0 aliphatic rings. The standard InChI is InChI=1S/C15H19FN2O2/c1-11(2)18(7-8-19)9-14-10-20-15(17-14)12-3-5-13(16)6-4-12/h3-6,10-11,19H,7-9H2,1-2H3. The van der Waals surface area contributed by atoms with E-state index in [1.165, 1.54) is 12.1 Å². The number of aliphatic hydroxyl groups is 1. The number of nitrogens with zero attached hydrogens (tertiary/aromatic N) is 2. The average Bonchev–Trinajstić information content (AvgIpc) is 2.87. The van der Waals surface area contributed by atoms with Crippen molar-refractivity contribution in [3.8, 4) is 11.5 Å². The fourth-order valence-corrected chi connectivity index (χ4v) is 1.96. The van der Waals surface area contributed by atoms with E-state index in [-0.39, 0.29) is 12.4 Å². The van der Waals surface area contributed by atoms with Gasteiger partial charge in [-0.05, 0) is 38.1 Å². The molecule has 0 spiro atoms. The number of halogens is 1. The average molecular weight is 278 g/mol. The lowest BCUT2D eigenvalue weighted by Gasteiger charge is -2.24. The van der Waals surface area contributed by atoms with Crippen LogP contribution in [0.25, 0.3) is 11.5 Å². The Bertz CT molecular complexity index is 537. The van der Waals surface area contributed by atoms with E-state index in [0.29, 0.717) is 25.0 Å². The Labute approximate surface area is 117 Å². The molecule has 20 heavy (non-hydrogen) atoms. The third-order valence-electron chi connectivity index (χ3n) is 3.13. The first-order valence-electron chi connectivity index (χ1n) is 6.65. The Hall–Kier alpha value is -1.72. The zero-order valence-electron chi connectivity index (χ0n) is 11.7. The lowest BCUT2D eigenvalue weighted by Crippen LogP contribution is -2.33. The van der Waals surface area contributed by atoms with Gasteiger partial charge in [0.1, 0.15) is 12.1 Å². The van der Waals surface area contributed by atoms with Crippen LogP contribution in [0.2, 0.25) is 0 Å². The largest absolute Gasteiger partial charge is 0.444 e. The van der Waals surface area contributed by atoms with Gasteiger partial charge >= 0.3 is 0 Å². The summed E-state index contributed by atoms with van der Waals surface area (Å²) in [6, 6.07) is 6.35. The summed E-state index contributed by atoms with van der Waals surface area (Å²) in [4.78, 5) is 6.51. The van der Waals surface area contributed by atoms with Crippen LogP contribution < -0.4 is 0 Å². The van der Waals surface area contributed by atoms with E-state index in [1.807, 2.05) is 0 Å². The lowest BCUT2D eigenvalue weighted by atomic mass is 10.2. The van der Waals surface area contributed by atoms with Crippen molar-refractivity contribution >= 4 is 0 Å². The quantitative estimate of drug-likeness (QED) is 0.882. The van der Waals surface area contributed by atoms with Crippen LogP contribution in [-0.4, -0.2) is 34.2 Å². The van der Waals surface area contributed by atoms with Crippen molar-refractivity contribution in [1.82, 2.24) is 9.88 Å². The van der Waals surface area contributed by atoms with Crippen LogP contribution in [0.3, 0.4) is 0 Å². The molecule has 5 heteroatoms. The third-order valence-corrected chi connectivity index (χ3v) is 3.13. The van der Waals surface area contributed by atoms with Crippen molar-refractivity contribution in [1.29, 1.82) is 0 Å². The molecule has 0 amide bonds. The van der Waals surface area contributed by atoms with E-state index in [0.717, 1.165) is 11.3 Å². The molecule has 1 aromatic carbocycles. The number of hydrogen-bond acceptors (Lipinski definition) is 4. The topological polar surface area (TPSA) is 49.5 Å². The predicted octanol–water partition coefficient (Wildman–Crippen LogP) is 2.68. The SMILES string of the molecule is CC(C)N(CCO)Cc1coc(-c2ccc(F)cc2)n1. The number of oxazole rings is 1. The second-order valence-electron chi connectivity index (χ2n) is 4.94. The van der Waals surface area contributed by atoms with Gasteiger partial charge in [-0.3, -0.25) is 4.90 Å². The molecule has 0 aliphatic heterocycles. The Morgan fingerprint density at radius 3 is 2.60 bits per heavy atom. The maximum atomic E-state index is 12.9. The van der Waals surface area contributed by atoms with Crippen LogP contribution in [-0.2, 0) is 6.54 Å². The van der Waals surface area contributed by atoms with Crippen LogP contribution in [0.1, 0.15) is 19.5 Å². The van der Waals surface area contributed by atoms with Gasteiger partial charge in [0, 0.05) is 24.7 Å². The van der Waals surface area contributed by atoms with E-state index >= 15 is 0 Å². The molecule has 0 unspecified atom stereocenters. The zero-order chi connectivity index (χ0) is 14.5. The number of benzene rings is 1. The number of hydrogen-bond donors (Lipinski definition) is 1. The van der Waals surface area contributed by atoms with Crippen LogP contribution in [0.4, 0.5) is 4.39 Å². The molecule has 0 fully saturated rings. The molecular formula is C15H19FN2O2. The molecule has 0 saturated carbocycles. The molecule has 2 rings (SSSR count). The summed E-state index contributed by atoms with van der Waals surface area (Å²) in [6.07, 6.45) is 1.60. The molecule has 2 aromatic rings. The molecule has 1 heterocycles. The van der Waals surface area contributed by atoms with Gasteiger partial charge in [0.15, 0.2) is 0 Å². The molecule has 4 nitrogen and oxygen atoms in total. The second-order valence-corrected chi connectivity index (χ2v) is 4.94. The minimum absolute atomic E-state index is 0.112. The van der Waals surface area contributed by atoms with Gasteiger partial charge in [-0.15, -0.1) is 0 Å². The maximum Gasteiger partial charge on any atom is 0.226 e. The number of rotatable bonds is 6.